The van der Waals surface area contributed by atoms with Crippen molar-refractivity contribution in [1.29, 1.82) is 0 Å². The van der Waals surface area contributed by atoms with Crippen LogP contribution in [0.1, 0.15) is 30.1 Å². The van der Waals surface area contributed by atoms with Crippen molar-refractivity contribution in [2.75, 3.05) is 12.4 Å². The van der Waals surface area contributed by atoms with Crippen molar-refractivity contribution in [2.45, 2.75) is 25.9 Å². The van der Waals surface area contributed by atoms with Gasteiger partial charge in [0.05, 0.1) is 30.2 Å². The number of nitrogens with zero attached hydrogens (tertiary/aromatic N) is 1. The number of non-ortho nitro benzene ring substituents is 1. The predicted octanol–water partition coefficient (Wildman–Crippen LogP) is 3.28. The highest BCUT2D eigenvalue weighted by atomic mass is 19.1. The molecule has 0 saturated carbocycles. The highest BCUT2D eigenvalue weighted by molar-refractivity contribution is 5.98. The Kier molecular flexibility index (Phi) is 7.56. The van der Waals surface area contributed by atoms with Crippen LogP contribution in [0.2, 0.25) is 0 Å². The molecule has 1 N–H and O–H groups in total. The molecule has 1 atom stereocenters. The largest absolute Gasteiger partial charge is 0.494 e. The number of halogens is 1. The van der Waals surface area contributed by atoms with E-state index in [1.165, 1.54) is 38.3 Å². The average molecular weight is 418 g/mol. The molecule has 9 nitrogen and oxygen atoms in total. The molecule has 10 heteroatoms. The van der Waals surface area contributed by atoms with Gasteiger partial charge in [-0.15, -0.1) is 0 Å². The van der Waals surface area contributed by atoms with Gasteiger partial charge in [0, 0.05) is 18.1 Å². The van der Waals surface area contributed by atoms with Gasteiger partial charge in [0.25, 0.3) is 11.6 Å². The quantitative estimate of drug-likeness (QED) is 0.287. The molecular formula is C20H19FN2O7. The lowest BCUT2D eigenvalue weighted by molar-refractivity contribution is -0.384. The van der Waals surface area contributed by atoms with E-state index in [9.17, 15) is 28.9 Å². The highest BCUT2D eigenvalue weighted by Crippen LogP contribution is 2.29. The molecule has 0 fully saturated rings. The first-order chi connectivity index (χ1) is 14.2. The van der Waals surface area contributed by atoms with Gasteiger partial charge in [-0.25, -0.2) is 4.39 Å². The summed E-state index contributed by atoms with van der Waals surface area (Å²) in [5, 5.41) is 13.3. The number of nitro benzene ring substituents is 1. The molecule has 0 aliphatic rings. The smallest absolute Gasteiger partial charge is 0.307 e. The van der Waals surface area contributed by atoms with Gasteiger partial charge < -0.3 is 14.8 Å². The SMILES string of the molecule is COc1cc([N+](=O)[O-])ccc1NC(=O)[C@@H](C)OC(=O)CCC(=O)c1ccc(F)cc1. The molecule has 0 unspecified atom stereocenters. The first kappa shape index (κ1) is 22.5. The summed E-state index contributed by atoms with van der Waals surface area (Å²) in [6.07, 6.45) is -1.60. The zero-order valence-corrected chi connectivity index (χ0v) is 16.2. The van der Waals surface area contributed by atoms with Gasteiger partial charge in [-0.1, -0.05) is 0 Å². The fourth-order valence-electron chi connectivity index (χ4n) is 2.44. The Hall–Kier alpha value is -3.82. The maximum absolute atomic E-state index is 12.9. The number of hydrogen-bond acceptors (Lipinski definition) is 7. The Morgan fingerprint density at radius 3 is 2.40 bits per heavy atom. The van der Waals surface area contributed by atoms with Crippen LogP contribution in [0, 0.1) is 15.9 Å². The number of carbonyl (C=O) groups is 3. The molecule has 0 aliphatic heterocycles. The lowest BCUT2D eigenvalue weighted by Gasteiger charge is -2.15. The van der Waals surface area contributed by atoms with Gasteiger partial charge in [-0.3, -0.25) is 24.5 Å². The summed E-state index contributed by atoms with van der Waals surface area (Å²) >= 11 is 0. The number of nitro groups is 1. The number of nitrogens with one attached hydrogen (secondary N) is 1. The molecule has 0 radical (unpaired) electrons. The van der Waals surface area contributed by atoms with Crippen LogP contribution in [0.4, 0.5) is 15.8 Å². The summed E-state index contributed by atoms with van der Waals surface area (Å²) in [5.74, 6) is -2.21. The molecular weight excluding hydrogens is 399 g/mol. The van der Waals surface area contributed by atoms with Crippen LogP contribution in [0.25, 0.3) is 0 Å². The number of anilines is 1. The van der Waals surface area contributed by atoms with E-state index >= 15 is 0 Å². The number of rotatable bonds is 9. The Bertz CT molecular complexity index is 960. The molecule has 158 valence electrons. The van der Waals surface area contributed by atoms with E-state index < -0.39 is 28.7 Å². The molecule has 2 rings (SSSR count). The third-order valence-corrected chi connectivity index (χ3v) is 4.05. The summed E-state index contributed by atoms with van der Waals surface area (Å²) in [6, 6.07) is 8.55. The van der Waals surface area contributed by atoms with Crippen molar-refractivity contribution in [1.82, 2.24) is 0 Å². The zero-order valence-electron chi connectivity index (χ0n) is 16.2. The van der Waals surface area contributed by atoms with Gasteiger partial charge in [-0.05, 0) is 37.3 Å². The zero-order chi connectivity index (χ0) is 22.3. The van der Waals surface area contributed by atoms with Crippen LogP contribution < -0.4 is 10.1 Å². The average Bonchev–Trinajstić information content (AvgIpc) is 2.72. The molecule has 1 amide bonds. The second-order valence-corrected chi connectivity index (χ2v) is 6.19. The third kappa shape index (κ3) is 6.09. The summed E-state index contributed by atoms with van der Waals surface area (Å²) in [4.78, 5) is 46.4. The number of benzene rings is 2. The molecule has 2 aromatic carbocycles. The van der Waals surface area contributed by atoms with Crippen molar-refractivity contribution >= 4 is 29.0 Å². The van der Waals surface area contributed by atoms with Crippen LogP contribution in [0.15, 0.2) is 42.5 Å². The molecule has 0 spiro atoms. The van der Waals surface area contributed by atoms with E-state index in [0.29, 0.717) is 0 Å². The van der Waals surface area contributed by atoms with Gasteiger partial charge in [0.1, 0.15) is 11.6 Å². The Morgan fingerprint density at radius 2 is 1.80 bits per heavy atom. The number of carbonyl (C=O) groups excluding carboxylic acids is 3. The Labute approximate surface area is 170 Å². The van der Waals surface area contributed by atoms with E-state index in [1.807, 2.05) is 0 Å². The fourth-order valence-corrected chi connectivity index (χ4v) is 2.44. The normalized spacial score (nSPS) is 11.3. The summed E-state index contributed by atoms with van der Waals surface area (Å²) in [6.45, 7) is 1.34. The minimum Gasteiger partial charge on any atom is -0.494 e. The van der Waals surface area contributed by atoms with E-state index in [4.69, 9.17) is 9.47 Å². The molecule has 30 heavy (non-hydrogen) atoms. The number of amides is 1. The van der Waals surface area contributed by atoms with Crippen molar-refractivity contribution in [2.24, 2.45) is 0 Å². The van der Waals surface area contributed by atoms with E-state index in [1.54, 1.807) is 0 Å². The van der Waals surface area contributed by atoms with Crippen LogP contribution in [0.5, 0.6) is 5.75 Å². The summed E-state index contributed by atoms with van der Waals surface area (Å²) in [7, 11) is 1.29. The number of esters is 1. The molecule has 2 aromatic rings. The van der Waals surface area contributed by atoms with Gasteiger partial charge >= 0.3 is 5.97 Å². The Balaban J connectivity index is 1.89. The number of ether oxygens (including phenoxy) is 2. The highest BCUT2D eigenvalue weighted by Gasteiger charge is 2.21. The van der Waals surface area contributed by atoms with Gasteiger partial charge in [0.2, 0.25) is 0 Å². The third-order valence-electron chi connectivity index (χ3n) is 4.05. The molecule has 0 aromatic heterocycles. The maximum Gasteiger partial charge on any atom is 0.307 e. The molecule has 0 saturated heterocycles. The van der Waals surface area contributed by atoms with E-state index in [2.05, 4.69) is 5.32 Å². The number of methoxy groups -OCH3 is 1. The number of Topliss-reactive ketones (excluding diaryl/α,β-unsaturated/α-hetero) is 1. The van der Waals surface area contributed by atoms with Gasteiger partial charge in [-0.2, -0.15) is 0 Å². The Morgan fingerprint density at radius 1 is 1.13 bits per heavy atom. The molecule has 0 heterocycles. The minimum atomic E-state index is -1.18. The summed E-state index contributed by atoms with van der Waals surface area (Å²) < 4.78 is 22.9. The van der Waals surface area contributed by atoms with Crippen molar-refractivity contribution in [3.05, 3.63) is 64.0 Å². The lowest BCUT2D eigenvalue weighted by Crippen LogP contribution is -2.30. The van der Waals surface area contributed by atoms with Crippen LogP contribution in [-0.2, 0) is 14.3 Å². The monoisotopic (exact) mass is 418 g/mol. The van der Waals surface area contributed by atoms with Crippen LogP contribution in [0.3, 0.4) is 0 Å². The topological polar surface area (TPSA) is 125 Å². The molecule has 0 aliphatic carbocycles. The van der Waals surface area contributed by atoms with Crippen molar-refractivity contribution < 1.29 is 33.2 Å². The summed E-state index contributed by atoms with van der Waals surface area (Å²) in [5.41, 5.74) is 0.220. The number of ketones is 1. The predicted molar refractivity (Wildman–Crippen MR) is 104 cm³/mol. The van der Waals surface area contributed by atoms with Crippen molar-refractivity contribution in [3.8, 4) is 5.75 Å². The second-order valence-electron chi connectivity index (χ2n) is 6.19. The minimum absolute atomic E-state index is 0.0703. The lowest BCUT2D eigenvalue weighted by atomic mass is 10.1. The van der Waals surface area contributed by atoms with Gasteiger partial charge in [0.15, 0.2) is 11.9 Å². The van der Waals surface area contributed by atoms with E-state index in [-0.39, 0.29) is 41.3 Å². The standard InChI is InChI=1S/C20H19FN2O7/c1-12(20(26)22-16-8-7-15(23(27)28)11-18(16)29-2)30-19(25)10-9-17(24)13-3-5-14(21)6-4-13/h3-8,11-12H,9-10H2,1-2H3,(H,22,26)/t12-/m1/s1. The number of hydrogen-bond donors (Lipinski definition) is 1. The first-order valence-electron chi connectivity index (χ1n) is 8.82. The van der Waals surface area contributed by atoms with Crippen LogP contribution in [-0.4, -0.2) is 35.8 Å². The second kappa shape index (κ2) is 10.1. The molecule has 0 bridgehead atoms. The fraction of sp³-hybridized carbons (Fsp3) is 0.250. The van der Waals surface area contributed by atoms with E-state index in [0.717, 1.165) is 18.2 Å². The first-order valence-corrected chi connectivity index (χ1v) is 8.82. The maximum atomic E-state index is 12.9. The van der Waals surface area contributed by atoms with Crippen molar-refractivity contribution in [3.63, 3.8) is 0 Å². The van der Waals surface area contributed by atoms with Crippen LogP contribution >= 0.6 is 0 Å².